The lowest BCUT2D eigenvalue weighted by Gasteiger charge is -2.31. The zero-order valence-corrected chi connectivity index (χ0v) is 10.3. The third kappa shape index (κ3) is 2.47. The molecule has 0 unspecified atom stereocenters. The number of anilines is 1. The van der Waals surface area contributed by atoms with Crippen molar-refractivity contribution in [2.75, 3.05) is 19.0 Å². The second-order valence-corrected chi connectivity index (χ2v) is 4.87. The van der Waals surface area contributed by atoms with Gasteiger partial charge in [-0.3, -0.25) is 4.79 Å². The summed E-state index contributed by atoms with van der Waals surface area (Å²) in [4.78, 5) is 17.4. The number of pyridine rings is 1. The van der Waals surface area contributed by atoms with Crippen LogP contribution in [0.4, 0.5) is 5.82 Å². The number of hydrogen-bond donors (Lipinski definition) is 1. The van der Waals surface area contributed by atoms with Crippen molar-refractivity contribution in [2.24, 2.45) is 0 Å². The third-order valence-electron chi connectivity index (χ3n) is 3.38. The Morgan fingerprint density at radius 1 is 1.29 bits per heavy atom. The molecule has 1 aromatic heterocycles. The summed E-state index contributed by atoms with van der Waals surface area (Å²) in [6.45, 7) is 0. The predicted molar refractivity (Wildman–Crippen MR) is 65.9 cm³/mol. The molecule has 0 aliphatic heterocycles. The van der Waals surface area contributed by atoms with E-state index in [2.05, 4.69) is 4.98 Å². The highest BCUT2D eigenvalue weighted by Gasteiger charge is 2.34. The first kappa shape index (κ1) is 12.0. The molecular weight excluding hydrogens is 216 g/mol. The molecule has 0 saturated heterocycles. The van der Waals surface area contributed by atoms with E-state index in [1.165, 1.54) is 0 Å². The van der Waals surface area contributed by atoms with E-state index in [1.54, 1.807) is 6.20 Å². The monoisotopic (exact) mass is 234 g/mol. The molecule has 0 spiro atoms. The van der Waals surface area contributed by atoms with Gasteiger partial charge in [0.15, 0.2) is 0 Å². The van der Waals surface area contributed by atoms with Gasteiger partial charge in [-0.1, -0.05) is 6.07 Å². The maximum absolute atomic E-state index is 11.2. The first-order valence-corrected chi connectivity index (χ1v) is 5.89. The molecule has 92 valence electrons. The van der Waals surface area contributed by atoms with E-state index in [0.717, 1.165) is 11.4 Å². The summed E-state index contributed by atoms with van der Waals surface area (Å²) in [5, 5.41) is 10.5. The molecule has 17 heavy (non-hydrogen) atoms. The minimum Gasteiger partial charge on any atom is -0.385 e. The van der Waals surface area contributed by atoms with Crippen molar-refractivity contribution in [1.29, 1.82) is 0 Å². The fourth-order valence-electron chi connectivity index (χ4n) is 2.16. The van der Waals surface area contributed by atoms with Gasteiger partial charge in [-0.25, -0.2) is 4.98 Å². The highest BCUT2D eigenvalue weighted by atomic mass is 16.3. The Hall–Kier alpha value is -1.42. The minimum atomic E-state index is -0.869. The number of aromatic nitrogens is 1. The van der Waals surface area contributed by atoms with Crippen LogP contribution in [0.5, 0.6) is 0 Å². The highest BCUT2D eigenvalue weighted by molar-refractivity contribution is 5.79. The molecule has 1 N–H and O–H groups in total. The first-order valence-electron chi connectivity index (χ1n) is 5.89. The Morgan fingerprint density at radius 2 is 1.94 bits per heavy atom. The van der Waals surface area contributed by atoms with E-state index in [-0.39, 0.29) is 5.78 Å². The van der Waals surface area contributed by atoms with Crippen LogP contribution in [-0.2, 0) is 10.4 Å². The molecule has 0 bridgehead atoms. The van der Waals surface area contributed by atoms with Crippen molar-refractivity contribution >= 4 is 11.6 Å². The van der Waals surface area contributed by atoms with Gasteiger partial charge in [0, 0.05) is 38.7 Å². The molecule has 4 nitrogen and oxygen atoms in total. The van der Waals surface area contributed by atoms with Crippen LogP contribution in [0.15, 0.2) is 18.3 Å². The Bertz CT molecular complexity index is 402. The molecule has 1 saturated carbocycles. The zero-order valence-electron chi connectivity index (χ0n) is 10.3. The summed E-state index contributed by atoms with van der Waals surface area (Å²) >= 11 is 0. The quantitative estimate of drug-likeness (QED) is 0.842. The van der Waals surface area contributed by atoms with Crippen LogP contribution in [-0.4, -0.2) is 30.0 Å². The van der Waals surface area contributed by atoms with Crippen LogP contribution in [0.1, 0.15) is 31.2 Å². The first-order chi connectivity index (χ1) is 8.01. The van der Waals surface area contributed by atoms with Gasteiger partial charge in [-0.05, 0) is 18.9 Å². The van der Waals surface area contributed by atoms with E-state index >= 15 is 0 Å². The van der Waals surface area contributed by atoms with Crippen molar-refractivity contribution < 1.29 is 9.90 Å². The summed E-state index contributed by atoms with van der Waals surface area (Å²) in [5.74, 6) is 1.11. The van der Waals surface area contributed by atoms with Gasteiger partial charge < -0.3 is 10.0 Å². The summed E-state index contributed by atoms with van der Waals surface area (Å²) < 4.78 is 0. The third-order valence-corrected chi connectivity index (χ3v) is 3.38. The maximum Gasteiger partial charge on any atom is 0.133 e. The number of ketones is 1. The van der Waals surface area contributed by atoms with Crippen LogP contribution in [0.3, 0.4) is 0 Å². The molecule has 1 aliphatic carbocycles. The number of rotatable bonds is 2. The van der Waals surface area contributed by atoms with Gasteiger partial charge >= 0.3 is 0 Å². The second-order valence-electron chi connectivity index (χ2n) is 4.87. The Balaban J connectivity index is 2.19. The molecule has 2 rings (SSSR count). The van der Waals surface area contributed by atoms with Gasteiger partial charge in [-0.2, -0.15) is 0 Å². The van der Waals surface area contributed by atoms with Gasteiger partial charge in [0.05, 0.1) is 5.60 Å². The van der Waals surface area contributed by atoms with Crippen molar-refractivity contribution in [3.63, 3.8) is 0 Å². The second kappa shape index (κ2) is 4.45. The smallest absolute Gasteiger partial charge is 0.133 e. The molecule has 1 aliphatic rings. The Kier molecular flexibility index (Phi) is 3.15. The number of aliphatic hydroxyl groups is 1. The van der Waals surface area contributed by atoms with Gasteiger partial charge in [0.1, 0.15) is 11.6 Å². The predicted octanol–water partition coefficient (Wildman–Crippen LogP) is 1.48. The SMILES string of the molecule is CN(C)c1ccc(C2(O)CCC(=O)CC2)cn1. The average molecular weight is 234 g/mol. The minimum absolute atomic E-state index is 0.243. The maximum atomic E-state index is 11.2. The number of nitrogens with zero attached hydrogens (tertiary/aromatic N) is 2. The van der Waals surface area contributed by atoms with E-state index in [1.807, 2.05) is 31.1 Å². The number of carbonyl (C=O) groups excluding carboxylic acids is 1. The number of Topliss-reactive ketones (excluding diaryl/α,β-unsaturated/α-hetero) is 1. The molecule has 1 fully saturated rings. The lowest BCUT2D eigenvalue weighted by atomic mass is 9.80. The van der Waals surface area contributed by atoms with Crippen LogP contribution in [0.25, 0.3) is 0 Å². The molecule has 4 heteroatoms. The van der Waals surface area contributed by atoms with E-state index in [4.69, 9.17) is 0 Å². The Labute approximate surface area is 101 Å². The topological polar surface area (TPSA) is 53.4 Å². The summed E-state index contributed by atoms with van der Waals surface area (Å²) in [7, 11) is 3.85. The van der Waals surface area contributed by atoms with Crippen molar-refractivity contribution in [2.45, 2.75) is 31.3 Å². The average Bonchev–Trinajstić information content (AvgIpc) is 2.33. The van der Waals surface area contributed by atoms with Crippen molar-refractivity contribution in [3.8, 4) is 0 Å². The van der Waals surface area contributed by atoms with Crippen LogP contribution in [0.2, 0.25) is 0 Å². The van der Waals surface area contributed by atoms with Crippen LogP contribution >= 0.6 is 0 Å². The summed E-state index contributed by atoms with van der Waals surface area (Å²) in [6.07, 6.45) is 3.66. The van der Waals surface area contributed by atoms with Gasteiger partial charge in [0.2, 0.25) is 0 Å². The number of hydrogen-bond acceptors (Lipinski definition) is 4. The zero-order chi connectivity index (χ0) is 12.5. The van der Waals surface area contributed by atoms with E-state index in [0.29, 0.717) is 25.7 Å². The fourth-order valence-corrected chi connectivity index (χ4v) is 2.16. The highest BCUT2D eigenvalue weighted by Crippen LogP contribution is 2.35. The van der Waals surface area contributed by atoms with Gasteiger partial charge in [0.25, 0.3) is 0 Å². The molecule has 0 radical (unpaired) electrons. The normalized spacial score (nSPS) is 19.1. The number of carbonyl (C=O) groups is 1. The van der Waals surface area contributed by atoms with Crippen LogP contribution in [0, 0.1) is 0 Å². The van der Waals surface area contributed by atoms with Crippen molar-refractivity contribution in [3.05, 3.63) is 23.9 Å². The lowest BCUT2D eigenvalue weighted by molar-refractivity contribution is -0.125. The summed E-state index contributed by atoms with van der Waals surface area (Å²) in [5.41, 5.74) is -0.0539. The Morgan fingerprint density at radius 3 is 2.41 bits per heavy atom. The molecule has 0 aromatic carbocycles. The standard InChI is InChI=1S/C13H18N2O2/c1-15(2)12-4-3-10(9-14-12)13(17)7-5-11(16)6-8-13/h3-4,9,17H,5-8H2,1-2H3. The summed E-state index contributed by atoms with van der Waals surface area (Å²) in [6, 6.07) is 3.79. The molecular formula is C13H18N2O2. The fraction of sp³-hybridized carbons (Fsp3) is 0.538. The van der Waals surface area contributed by atoms with Crippen molar-refractivity contribution in [1.82, 2.24) is 4.98 Å². The lowest BCUT2D eigenvalue weighted by Crippen LogP contribution is -2.31. The molecule has 0 amide bonds. The van der Waals surface area contributed by atoms with Crippen LogP contribution < -0.4 is 4.90 Å². The largest absolute Gasteiger partial charge is 0.385 e. The molecule has 1 heterocycles. The van der Waals surface area contributed by atoms with E-state index in [9.17, 15) is 9.90 Å². The van der Waals surface area contributed by atoms with E-state index < -0.39 is 5.60 Å². The molecule has 0 atom stereocenters. The molecule has 1 aromatic rings. The van der Waals surface area contributed by atoms with Gasteiger partial charge in [-0.15, -0.1) is 0 Å².